The van der Waals surface area contributed by atoms with Crippen LogP contribution in [0.25, 0.3) is 0 Å². The zero-order valence-electron chi connectivity index (χ0n) is 14.6. The number of piperazine rings is 1. The zero-order chi connectivity index (χ0) is 19.1. The molecule has 0 spiro atoms. The summed E-state index contributed by atoms with van der Waals surface area (Å²) in [6, 6.07) is 6.44. The Hall–Kier alpha value is -2.90. The predicted molar refractivity (Wildman–Crippen MR) is 92.4 cm³/mol. The average Bonchev–Trinajstić information content (AvgIpc) is 3.17. The van der Waals surface area contributed by atoms with Gasteiger partial charge in [0.25, 0.3) is 5.91 Å². The van der Waals surface area contributed by atoms with Crippen LogP contribution in [-0.4, -0.2) is 53.3 Å². The second-order valence-electron chi connectivity index (χ2n) is 7.26. The van der Waals surface area contributed by atoms with E-state index in [9.17, 15) is 24.3 Å². The van der Waals surface area contributed by atoms with Gasteiger partial charge in [-0.15, -0.1) is 0 Å². The number of carboxylic acid groups (broad SMARTS) is 1. The first-order valence-corrected chi connectivity index (χ1v) is 8.41. The minimum Gasteiger partial charge on any atom is -0.481 e. The Morgan fingerprint density at radius 2 is 2.00 bits per heavy atom. The number of carboxylic acids is 1. The third-order valence-electron chi connectivity index (χ3n) is 5.08. The largest absolute Gasteiger partial charge is 0.481 e. The van der Waals surface area contributed by atoms with Gasteiger partial charge in [0, 0.05) is 24.3 Å². The Labute approximate surface area is 150 Å². The van der Waals surface area contributed by atoms with Gasteiger partial charge in [0.1, 0.15) is 0 Å². The molecular weight excluding hydrogens is 338 g/mol. The first-order valence-electron chi connectivity index (χ1n) is 8.41. The number of amides is 3. The van der Waals surface area contributed by atoms with Gasteiger partial charge in [0.05, 0.1) is 18.4 Å². The van der Waals surface area contributed by atoms with Crippen molar-refractivity contribution >= 4 is 29.4 Å². The van der Waals surface area contributed by atoms with Gasteiger partial charge < -0.3 is 20.6 Å². The fourth-order valence-corrected chi connectivity index (χ4v) is 3.53. The minimum atomic E-state index is -0.984. The highest BCUT2D eigenvalue weighted by Gasteiger charge is 2.65. The molecule has 1 aromatic rings. The lowest BCUT2D eigenvalue weighted by Gasteiger charge is -2.26. The molecule has 2 unspecified atom stereocenters. The number of rotatable bonds is 4. The summed E-state index contributed by atoms with van der Waals surface area (Å²) in [6.07, 6.45) is 0. The molecular formula is C18H21N3O5. The molecule has 1 aliphatic carbocycles. The Bertz CT molecular complexity index is 789. The van der Waals surface area contributed by atoms with E-state index in [1.165, 1.54) is 11.0 Å². The highest BCUT2D eigenvalue weighted by molar-refractivity contribution is 6.02. The van der Waals surface area contributed by atoms with Gasteiger partial charge in [-0.2, -0.15) is 0 Å². The number of aliphatic carboxylic acids is 1. The number of hydrogen-bond acceptors (Lipinski definition) is 4. The highest BCUT2D eigenvalue weighted by atomic mass is 16.4. The third-order valence-corrected chi connectivity index (χ3v) is 5.08. The fourth-order valence-electron chi connectivity index (χ4n) is 3.53. The number of benzene rings is 1. The molecule has 26 heavy (non-hydrogen) atoms. The number of nitrogens with zero attached hydrogens (tertiary/aromatic N) is 1. The molecule has 0 radical (unpaired) electrons. The zero-order valence-corrected chi connectivity index (χ0v) is 14.6. The number of carbonyl (C=O) groups excluding carboxylic acids is 3. The average molecular weight is 359 g/mol. The van der Waals surface area contributed by atoms with Crippen molar-refractivity contribution in [2.24, 2.45) is 17.3 Å². The van der Waals surface area contributed by atoms with E-state index < -0.39 is 23.2 Å². The summed E-state index contributed by atoms with van der Waals surface area (Å²) >= 11 is 0. The van der Waals surface area contributed by atoms with Crippen LogP contribution < -0.4 is 10.6 Å². The van der Waals surface area contributed by atoms with Gasteiger partial charge in [0.15, 0.2) is 0 Å². The summed E-state index contributed by atoms with van der Waals surface area (Å²) in [5.74, 6) is -3.16. The Morgan fingerprint density at radius 3 is 2.62 bits per heavy atom. The quantitative estimate of drug-likeness (QED) is 0.726. The van der Waals surface area contributed by atoms with Crippen LogP contribution in [0.2, 0.25) is 0 Å². The van der Waals surface area contributed by atoms with Crippen LogP contribution in [0.4, 0.5) is 5.69 Å². The van der Waals surface area contributed by atoms with Crippen molar-refractivity contribution in [1.82, 2.24) is 10.2 Å². The molecule has 2 fully saturated rings. The summed E-state index contributed by atoms with van der Waals surface area (Å²) in [7, 11) is 0. The van der Waals surface area contributed by atoms with Gasteiger partial charge in [0.2, 0.25) is 11.8 Å². The maximum absolute atomic E-state index is 12.5. The van der Waals surface area contributed by atoms with Gasteiger partial charge in [-0.1, -0.05) is 19.9 Å². The van der Waals surface area contributed by atoms with Crippen LogP contribution in [-0.2, 0) is 14.4 Å². The molecule has 138 valence electrons. The van der Waals surface area contributed by atoms with Gasteiger partial charge in [-0.05, 0) is 23.6 Å². The standard InChI is InChI=1S/C18H21N3O5/c1-18(2)13(14(18)17(25)26)15(23)20-11-5-3-4-10(8-11)16(24)21-7-6-19-12(22)9-21/h3-5,8,13-14H,6-7,9H2,1-2H3,(H,19,22)(H,20,23)(H,25,26). The summed E-state index contributed by atoms with van der Waals surface area (Å²) in [6.45, 7) is 4.34. The van der Waals surface area contributed by atoms with E-state index in [1.807, 2.05) is 0 Å². The van der Waals surface area contributed by atoms with E-state index in [0.29, 0.717) is 24.3 Å². The van der Waals surface area contributed by atoms with Crippen LogP contribution in [0.5, 0.6) is 0 Å². The molecule has 3 N–H and O–H groups in total. The normalized spacial score (nSPS) is 23.8. The van der Waals surface area contributed by atoms with Crippen LogP contribution in [0.1, 0.15) is 24.2 Å². The molecule has 3 amide bonds. The van der Waals surface area contributed by atoms with Crippen molar-refractivity contribution in [2.75, 3.05) is 25.0 Å². The van der Waals surface area contributed by atoms with Gasteiger partial charge in [-0.25, -0.2) is 0 Å². The molecule has 1 saturated heterocycles. The smallest absolute Gasteiger partial charge is 0.307 e. The van der Waals surface area contributed by atoms with E-state index in [1.54, 1.807) is 32.0 Å². The summed E-state index contributed by atoms with van der Waals surface area (Å²) in [5, 5.41) is 14.6. The SMILES string of the molecule is CC1(C)C(C(=O)O)C1C(=O)Nc1cccc(C(=O)N2CCNC(=O)C2)c1. The molecule has 1 aromatic carbocycles. The number of hydrogen-bond donors (Lipinski definition) is 3. The van der Waals surface area contributed by atoms with Crippen molar-refractivity contribution in [3.8, 4) is 0 Å². The van der Waals surface area contributed by atoms with Crippen molar-refractivity contribution in [3.05, 3.63) is 29.8 Å². The number of carbonyl (C=O) groups is 4. The molecule has 1 saturated carbocycles. The molecule has 8 nitrogen and oxygen atoms in total. The molecule has 1 heterocycles. The fraction of sp³-hybridized carbons (Fsp3) is 0.444. The second kappa shape index (κ2) is 6.44. The predicted octanol–water partition coefficient (Wildman–Crippen LogP) is 0.554. The van der Waals surface area contributed by atoms with Crippen LogP contribution in [0.3, 0.4) is 0 Å². The molecule has 2 atom stereocenters. The molecule has 2 aliphatic rings. The first-order chi connectivity index (χ1) is 12.2. The number of nitrogens with one attached hydrogen (secondary N) is 2. The van der Waals surface area contributed by atoms with Crippen LogP contribution in [0.15, 0.2) is 24.3 Å². The van der Waals surface area contributed by atoms with Crippen molar-refractivity contribution in [1.29, 1.82) is 0 Å². The lowest BCUT2D eigenvalue weighted by molar-refractivity contribution is -0.140. The van der Waals surface area contributed by atoms with E-state index >= 15 is 0 Å². The monoisotopic (exact) mass is 359 g/mol. The van der Waals surface area contributed by atoms with Crippen LogP contribution in [0, 0.1) is 17.3 Å². The van der Waals surface area contributed by atoms with E-state index in [-0.39, 0.29) is 24.3 Å². The molecule has 0 aromatic heterocycles. The van der Waals surface area contributed by atoms with Gasteiger partial charge >= 0.3 is 5.97 Å². The lowest BCUT2D eigenvalue weighted by atomic mass is 10.1. The van der Waals surface area contributed by atoms with Crippen molar-refractivity contribution < 1.29 is 24.3 Å². The van der Waals surface area contributed by atoms with Crippen LogP contribution >= 0.6 is 0 Å². The van der Waals surface area contributed by atoms with E-state index in [4.69, 9.17) is 0 Å². The van der Waals surface area contributed by atoms with Gasteiger partial charge in [-0.3, -0.25) is 19.2 Å². The lowest BCUT2D eigenvalue weighted by Crippen LogP contribution is -2.49. The molecule has 1 aliphatic heterocycles. The minimum absolute atomic E-state index is 0.00593. The molecule has 8 heteroatoms. The Morgan fingerprint density at radius 1 is 1.27 bits per heavy atom. The maximum Gasteiger partial charge on any atom is 0.307 e. The summed E-state index contributed by atoms with van der Waals surface area (Å²) < 4.78 is 0. The Kier molecular flexibility index (Phi) is 4.43. The first kappa shape index (κ1) is 17.9. The topological polar surface area (TPSA) is 116 Å². The summed E-state index contributed by atoms with van der Waals surface area (Å²) in [4.78, 5) is 49.1. The maximum atomic E-state index is 12.5. The second-order valence-corrected chi connectivity index (χ2v) is 7.26. The highest BCUT2D eigenvalue weighted by Crippen LogP contribution is 2.58. The van der Waals surface area contributed by atoms with Crippen molar-refractivity contribution in [3.63, 3.8) is 0 Å². The number of anilines is 1. The molecule has 3 rings (SSSR count). The third kappa shape index (κ3) is 3.26. The Balaban J connectivity index is 1.70. The summed E-state index contributed by atoms with van der Waals surface area (Å²) in [5.41, 5.74) is 0.196. The van der Waals surface area contributed by atoms with Crippen molar-refractivity contribution in [2.45, 2.75) is 13.8 Å². The van der Waals surface area contributed by atoms with E-state index in [0.717, 1.165) is 0 Å². The molecule has 0 bridgehead atoms. The van der Waals surface area contributed by atoms with E-state index in [2.05, 4.69) is 10.6 Å².